The number of hydrogen-bond acceptors (Lipinski definition) is 2. The third-order valence-electron chi connectivity index (χ3n) is 4.27. The molecule has 1 N–H and O–H groups in total. The number of pyridine rings is 1. The van der Waals surface area contributed by atoms with Gasteiger partial charge in [-0.1, -0.05) is 32.3 Å². The molecule has 1 fully saturated rings. The largest absolute Gasteiger partial charge is 0.310 e. The number of rotatable bonds is 6. The zero-order valence-corrected chi connectivity index (χ0v) is 11.7. The fourth-order valence-electron chi connectivity index (χ4n) is 2.92. The van der Waals surface area contributed by atoms with Gasteiger partial charge in [0, 0.05) is 17.8 Å². The van der Waals surface area contributed by atoms with E-state index in [9.17, 15) is 0 Å². The summed E-state index contributed by atoms with van der Waals surface area (Å²) in [6, 6.07) is 6.76. The molecule has 3 heteroatoms. The lowest BCUT2D eigenvalue weighted by Crippen LogP contribution is -2.26. The van der Waals surface area contributed by atoms with Crippen LogP contribution in [-0.4, -0.2) is 16.2 Å². The standard InChI is InChI=1S/C16H23N3/c1-2-9-17-15(11-13-6-5-7-13)14-12-18-19-10-4-3-8-16(14)19/h3-4,8,10,12-13,15,17H,2,5-7,9,11H2,1H3. The van der Waals surface area contributed by atoms with E-state index in [1.165, 1.54) is 43.2 Å². The molecule has 2 aromatic heterocycles. The molecule has 2 heterocycles. The zero-order valence-electron chi connectivity index (χ0n) is 11.7. The van der Waals surface area contributed by atoms with E-state index in [0.717, 1.165) is 12.5 Å². The summed E-state index contributed by atoms with van der Waals surface area (Å²) in [5.41, 5.74) is 2.61. The van der Waals surface area contributed by atoms with Crippen LogP contribution in [0.3, 0.4) is 0 Å². The maximum Gasteiger partial charge on any atom is 0.0709 e. The Bertz CT molecular complexity index is 528. The highest BCUT2D eigenvalue weighted by atomic mass is 15.2. The first-order valence-electron chi connectivity index (χ1n) is 7.54. The molecule has 2 aromatic rings. The first-order chi connectivity index (χ1) is 9.38. The SMILES string of the molecule is CCCNC(CC1CCC1)c1cnn2ccccc12. The molecule has 0 saturated heterocycles. The topological polar surface area (TPSA) is 29.3 Å². The second kappa shape index (κ2) is 5.74. The van der Waals surface area contributed by atoms with Gasteiger partial charge in [-0.25, -0.2) is 4.52 Å². The van der Waals surface area contributed by atoms with Crippen molar-refractivity contribution in [2.24, 2.45) is 5.92 Å². The molecule has 0 radical (unpaired) electrons. The molecular weight excluding hydrogens is 234 g/mol. The van der Waals surface area contributed by atoms with Gasteiger partial charge in [-0.2, -0.15) is 5.10 Å². The van der Waals surface area contributed by atoms with Gasteiger partial charge >= 0.3 is 0 Å². The lowest BCUT2D eigenvalue weighted by atomic mass is 9.79. The maximum atomic E-state index is 4.48. The Hall–Kier alpha value is -1.35. The molecule has 0 aliphatic heterocycles. The van der Waals surface area contributed by atoms with E-state index in [1.54, 1.807) is 0 Å². The smallest absolute Gasteiger partial charge is 0.0709 e. The van der Waals surface area contributed by atoms with E-state index >= 15 is 0 Å². The van der Waals surface area contributed by atoms with Gasteiger partial charge in [0.15, 0.2) is 0 Å². The van der Waals surface area contributed by atoms with E-state index in [2.05, 4.69) is 29.5 Å². The van der Waals surface area contributed by atoms with Crippen LogP contribution in [-0.2, 0) is 0 Å². The third-order valence-corrected chi connectivity index (χ3v) is 4.27. The van der Waals surface area contributed by atoms with E-state index in [-0.39, 0.29) is 0 Å². The molecule has 0 aromatic carbocycles. The van der Waals surface area contributed by atoms with Crippen molar-refractivity contribution >= 4 is 5.52 Å². The minimum atomic E-state index is 0.463. The summed E-state index contributed by atoms with van der Waals surface area (Å²) >= 11 is 0. The average molecular weight is 257 g/mol. The van der Waals surface area contributed by atoms with E-state index < -0.39 is 0 Å². The summed E-state index contributed by atoms with van der Waals surface area (Å²) in [5.74, 6) is 0.910. The molecule has 0 spiro atoms. The summed E-state index contributed by atoms with van der Waals surface area (Å²) < 4.78 is 1.98. The van der Waals surface area contributed by atoms with Crippen LogP contribution in [0.2, 0.25) is 0 Å². The molecular formula is C16H23N3. The van der Waals surface area contributed by atoms with Gasteiger partial charge in [0.1, 0.15) is 0 Å². The average Bonchev–Trinajstić information content (AvgIpc) is 2.81. The summed E-state index contributed by atoms with van der Waals surface area (Å²) in [5, 5.41) is 8.19. The molecule has 3 rings (SSSR count). The van der Waals surface area contributed by atoms with Crippen LogP contribution in [0.4, 0.5) is 0 Å². The van der Waals surface area contributed by atoms with Gasteiger partial charge in [-0.3, -0.25) is 0 Å². The van der Waals surface area contributed by atoms with Crippen LogP contribution in [0, 0.1) is 5.92 Å². The molecule has 1 unspecified atom stereocenters. The van der Waals surface area contributed by atoms with Crippen molar-refractivity contribution < 1.29 is 0 Å². The molecule has 1 atom stereocenters. The normalized spacial score (nSPS) is 17.5. The highest BCUT2D eigenvalue weighted by molar-refractivity contribution is 5.54. The Morgan fingerprint density at radius 2 is 2.32 bits per heavy atom. The number of hydrogen-bond donors (Lipinski definition) is 1. The van der Waals surface area contributed by atoms with Crippen molar-refractivity contribution in [3.63, 3.8) is 0 Å². The first-order valence-corrected chi connectivity index (χ1v) is 7.54. The molecule has 3 nitrogen and oxygen atoms in total. The van der Waals surface area contributed by atoms with Gasteiger partial charge in [0.05, 0.1) is 11.7 Å². The van der Waals surface area contributed by atoms with Crippen molar-refractivity contribution in [2.45, 2.75) is 45.1 Å². The monoisotopic (exact) mass is 257 g/mol. The molecule has 102 valence electrons. The predicted molar refractivity (Wildman–Crippen MR) is 78.2 cm³/mol. The Balaban J connectivity index is 1.84. The van der Waals surface area contributed by atoms with Gasteiger partial charge in [0.25, 0.3) is 0 Å². The summed E-state index contributed by atoms with van der Waals surface area (Å²) in [6.07, 6.45) is 10.7. The Morgan fingerprint density at radius 3 is 3.05 bits per heavy atom. The quantitative estimate of drug-likeness (QED) is 0.857. The van der Waals surface area contributed by atoms with Gasteiger partial charge < -0.3 is 5.32 Å². The molecule has 0 bridgehead atoms. The second-order valence-electron chi connectivity index (χ2n) is 5.67. The van der Waals surface area contributed by atoms with Crippen LogP contribution in [0.1, 0.15) is 50.6 Å². The fourth-order valence-corrected chi connectivity index (χ4v) is 2.92. The van der Waals surface area contributed by atoms with Gasteiger partial charge in [-0.15, -0.1) is 0 Å². The molecule has 0 amide bonds. The van der Waals surface area contributed by atoms with Gasteiger partial charge in [-0.05, 0) is 37.4 Å². The lowest BCUT2D eigenvalue weighted by molar-refractivity contribution is 0.261. The molecule has 19 heavy (non-hydrogen) atoms. The first kappa shape index (κ1) is 12.7. The molecule has 1 aliphatic carbocycles. The number of nitrogens with zero attached hydrogens (tertiary/aromatic N) is 2. The molecule has 1 saturated carbocycles. The number of nitrogens with one attached hydrogen (secondary N) is 1. The van der Waals surface area contributed by atoms with Gasteiger partial charge in [0.2, 0.25) is 0 Å². The fraction of sp³-hybridized carbons (Fsp3) is 0.562. The van der Waals surface area contributed by atoms with E-state index in [1.807, 2.05) is 23.0 Å². The Morgan fingerprint density at radius 1 is 1.42 bits per heavy atom. The Labute approximate surface area is 115 Å². The second-order valence-corrected chi connectivity index (χ2v) is 5.67. The third kappa shape index (κ3) is 2.66. The van der Waals surface area contributed by atoms with Crippen molar-refractivity contribution in [3.8, 4) is 0 Å². The summed E-state index contributed by atoms with van der Waals surface area (Å²) in [6.45, 7) is 3.31. The minimum absolute atomic E-state index is 0.463. The van der Waals surface area contributed by atoms with Crippen molar-refractivity contribution in [2.75, 3.05) is 6.54 Å². The van der Waals surface area contributed by atoms with E-state index in [0.29, 0.717) is 6.04 Å². The van der Waals surface area contributed by atoms with Crippen molar-refractivity contribution in [3.05, 3.63) is 36.2 Å². The van der Waals surface area contributed by atoms with Crippen molar-refractivity contribution in [1.82, 2.24) is 14.9 Å². The minimum Gasteiger partial charge on any atom is -0.310 e. The predicted octanol–water partition coefficient (Wildman–Crippen LogP) is 3.57. The van der Waals surface area contributed by atoms with Crippen molar-refractivity contribution in [1.29, 1.82) is 0 Å². The highest BCUT2D eigenvalue weighted by Gasteiger charge is 2.24. The van der Waals surface area contributed by atoms with Crippen LogP contribution in [0.15, 0.2) is 30.6 Å². The summed E-state index contributed by atoms with van der Waals surface area (Å²) in [4.78, 5) is 0. The van der Waals surface area contributed by atoms with Crippen LogP contribution >= 0.6 is 0 Å². The highest BCUT2D eigenvalue weighted by Crippen LogP contribution is 2.35. The zero-order chi connectivity index (χ0) is 13.1. The number of aromatic nitrogens is 2. The molecule has 1 aliphatic rings. The Kier molecular flexibility index (Phi) is 3.83. The lowest BCUT2D eigenvalue weighted by Gasteiger charge is -2.30. The van der Waals surface area contributed by atoms with Crippen LogP contribution < -0.4 is 5.32 Å². The van der Waals surface area contributed by atoms with Crippen LogP contribution in [0.25, 0.3) is 5.52 Å². The summed E-state index contributed by atoms with van der Waals surface area (Å²) in [7, 11) is 0. The maximum absolute atomic E-state index is 4.48. The number of fused-ring (bicyclic) bond motifs is 1. The van der Waals surface area contributed by atoms with E-state index in [4.69, 9.17) is 0 Å². The van der Waals surface area contributed by atoms with Crippen LogP contribution in [0.5, 0.6) is 0 Å².